The molecule has 0 heterocycles. The number of rotatable bonds is 15. The number of primary amides is 1. The topological polar surface area (TPSA) is 105 Å². The molecule has 0 unspecified atom stereocenters. The van der Waals surface area contributed by atoms with Gasteiger partial charge in [-0.3, -0.25) is 9.59 Å². The highest BCUT2D eigenvalue weighted by Crippen LogP contribution is 2.20. The van der Waals surface area contributed by atoms with Crippen LogP contribution in [0.3, 0.4) is 0 Å². The zero-order chi connectivity index (χ0) is 24.1. The van der Waals surface area contributed by atoms with E-state index in [4.69, 9.17) is 19.9 Å². The monoisotopic (exact) mass is 455 g/mol. The van der Waals surface area contributed by atoms with Gasteiger partial charge in [0.1, 0.15) is 5.75 Å². The molecule has 178 valence electrons. The van der Waals surface area contributed by atoms with Crippen molar-refractivity contribution in [1.82, 2.24) is 0 Å². The van der Waals surface area contributed by atoms with E-state index in [-0.39, 0.29) is 16.7 Å². The molecule has 0 radical (unpaired) electrons. The first kappa shape index (κ1) is 26.1. The van der Waals surface area contributed by atoms with Crippen molar-refractivity contribution in [2.75, 3.05) is 27.4 Å². The quantitative estimate of drug-likeness (QED) is 0.240. The summed E-state index contributed by atoms with van der Waals surface area (Å²) in [5.74, 6) is -1.09. The van der Waals surface area contributed by atoms with Crippen LogP contribution in [0.15, 0.2) is 42.5 Å². The maximum atomic E-state index is 13.0. The molecule has 2 aromatic rings. The van der Waals surface area contributed by atoms with Crippen molar-refractivity contribution < 1.29 is 28.6 Å². The number of ketones is 1. The lowest BCUT2D eigenvalue weighted by atomic mass is 9.96. The third-order valence-corrected chi connectivity index (χ3v) is 5.33. The average molecular weight is 456 g/mol. The van der Waals surface area contributed by atoms with Crippen LogP contribution in [0.1, 0.15) is 81.6 Å². The van der Waals surface area contributed by atoms with Crippen LogP contribution in [0.25, 0.3) is 0 Å². The Kier molecular flexibility index (Phi) is 11.1. The van der Waals surface area contributed by atoms with Crippen molar-refractivity contribution in [1.29, 1.82) is 0 Å². The molecule has 33 heavy (non-hydrogen) atoms. The van der Waals surface area contributed by atoms with Gasteiger partial charge < -0.3 is 19.9 Å². The second kappa shape index (κ2) is 14.1. The molecule has 0 atom stereocenters. The fraction of sp³-hybridized carbons (Fsp3) is 0.423. The van der Waals surface area contributed by atoms with Gasteiger partial charge in [0.05, 0.1) is 24.8 Å². The van der Waals surface area contributed by atoms with Crippen LogP contribution in [-0.2, 0) is 9.47 Å². The second-order valence-corrected chi connectivity index (χ2v) is 7.79. The van der Waals surface area contributed by atoms with Crippen molar-refractivity contribution in [2.24, 2.45) is 5.73 Å². The lowest BCUT2D eigenvalue weighted by molar-refractivity contribution is 0.0600. The predicted octanol–water partition coefficient (Wildman–Crippen LogP) is 4.56. The molecule has 0 bridgehead atoms. The van der Waals surface area contributed by atoms with E-state index in [2.05, 4.69) is 0 Å². The number of carbonyl (C=O) groups is 3. The molecule has 2 N–H and O–H groups in total. The molecule has 0 saturated heterocycles. The van der Waals surface area contributed by atoms with Crippen molar-refractivity contribution in [3.63, 3.8) is 0 Å². The Morgan fingerprint density at radius 3 is 1.88 bits per heavy atom. The number of hydrogen-bond donors (Lipinski definition) is 1. The Bertz CT molecular complexity index is 923. The molecule has 0 aliphatic rings. The Labute approximate surface area is 195 Å². The molecule has 2 rings (SSSR count). The molecule has 7 nitrogen and oxygen atoms in total. The Morgan fingerprint density at radius 2 is 1.30 bits per heavy atom. The minimum atomic E-state index is -0.746. The molecular formula is C26H33NO6. The molecule has 1 amide bonds. The summed E-state index contributed by atoms with van der Waals surface area (Å²) in [6.07, 6.45) is 8.08. The van der Waals surface area contributed by atoms with Crippen LogP contribution < -0.4 is 10.5 Å². The van der Waals surface area contributed by atoms with E-state index in [1.54, 1.807) is 31.4 Å². The van der Waals surface area contributed by atoms with Gasteiger partial charge in [0.15, 0.2) is 5.78 Å². The molecule has 0 aliphatic heterocycles. The number of hydrogen-bond acceptors (Lipinski definition) is 6. The lowest BCUT2D eigenvalue weighted by Crippen LogP contribution is -2.18. The van der Waals surface area contributed by atoms with Crippen LogP contribution in [0.2, 0.25) is 0 Å². The highest BCUT2D eigenvalue weighted by atomic mass is 16.5. The SMILES string of the molecule is COCCCCCCCCCOc1ccc(C(=O)c2cc(C(=O)OC)ccc2C(N)=O)cc1. The van der Waals surface area contributed by atoms with Crippen molar-refractivity contribution >= 4 is 17.7 Å². The summed E-state index contributed by atoms with van der Waals surface area (Å²) in [4.78, 5) is 36.6. The number of methoxy groups -OCH3 is 2. The van der Waals surface area contributed by atoms with E-state index in [0.717, 1.165) is 25.9 Å². The first-order valence-electron chi connectivity index (χ1n) is 11.3. The van der Waals surface area contributed by atoms with Gasteiger partial charge in [-0.15, -0.1) is 0 Å². The van der Waals surface area contributed by atoms with Crippen LogP contribution in [0.5, 0.6) is 5.75 Å². The van der Waals surface area contributed by atoms with Crippen molar-refractivity contribution in [2.45, 2.75) is 44.9 Å². The fourth-order valence-electron chi connectivity index (χ4n) is 3.47. The number of nitrogens with two attached hydrogens (primary N) is 1. The van der Waals surface area contributed by atoms with E-state index in [9.17, 15) is 14.4 Å². The van der Waals surface area contributed by atoms with Crippen LogP contribution in [-0.4, -0.2) is 45.1 Å². The van der Waals surface area contributed by atoms with Crippen LogP contribution in [0, 0.1) is 0 Å². The third kappa shape index (κ3) is 8.35. The first-order chi connectivity index (χ1) is 16.0. The van der Waals surface area contributed by atoms with Gasteiger partial charge in [-0.1, -0.05) is 32.1 Å². The number of amides is 1. The molecule has 0 aromatic heterocycles. The van der Waals surface area contributed by atoms with E-state index in [1.165, 1.54) is 51.0 Å². The molecule has 0 fully saturated rings. The van der Waals surface area contributed by atoms with Gasteiger partial charge in [-0.25, -0.2) is 4.79 Å². The highest BCUT2D eigenvalue weighted by Gasteiger charge is 2.19. The van der Waals surface area contributed by atoms with Gasteiger partial charge in [-0.05, 0) is 55.3 Å². The lowest BCUT2D eigenvalue weighted by Gasteiger charge is -2.10. The van der Waals surface area contributed by atoms with Crippen LogP contribution in [0.4, 0.5) is 0 Å². The van der Waals surface area contributed by atoms with E-state index >= 15 is 0 Å². The van der Waals surface area contributed by atoms with Crippen LogP contribution >= 0.6 is 0 Å². The van der Waals surface area contributed by atoms with Crippen molar-refractivity contribution in [3.8, 4) is 5.75 Å². The van der Waals surface area contributed by atoms with E-state index in [0.29, 0.717) is 17.9 Å². The summed E-state index contributed by atoms with van der Waals surface area (Å²) in [6.45, 7) is 1.45. The maximum Gasteiger partial charge on any atom is 0.337 e. The molecule has 2 aromatic carbocycles. The molecule has 0 spiro atoms. The summed E-state index contributed by atoms with van der Waals surface area (Å²) < 4.78 is 15.5. The summed E-state index contributed by atoms with van der Waals surface area (Å²) in [5.41, 5.74) is 6.04. The minimum Gasteiger partial charge on any atom is -0.494 e. The molecular weight excluding hydrogens is 422 g/mol. The highest BCUT2D eigenvalue weighted by molar-refractivity contribution is 6.16. The zero-order valence-corrected chi connectivity index (χ0v) is 19.4. The number of carbonyl (C=O) groups excluding carboxylic acids is 3. The fourth-order valence-corrected chi connectivity index (χ4v) is 3.47. The Hall–Kier alpha value is -3.19. The number of esters is 1. The van der Waals surface area contributed by atoms with Gasteiger partial charge in [0, 0.05) is 24.8 Å². The smallest absolute Gasteiger partial charge is 0.337 e. The molecule has 0 saturated carbocycles. The van der Waals surface area contributed by atoms with E-state index < -0.39 is 17.7 Å². The van der Waals surface area contributed by atoms with Crippen molar-refractivity contribution in [3.05, 3.63) is 64.7 Å². The third-order valence-electron chi connectivity index (χ3n) is 5.33. The Balaban J connectivity index is 1.88. The predicted molar refractivity (Wildman–Crippen MR) is 126 cm³/mol. The summed E-state index contributed by atoms with van der Waals surface area (Å²) in [5, 5.41) is 0. The number of benzene rings is 2. The molecule has 7 heteroatoms. The van der Waals surface area contributed by atoms with Gasteiger partial charge in [0.2, 0.25) is 5.91 Å². The number of unbranched alkanes of at least 4 members (excludes halogenated alkanes) is 6. The standard InChI is InChI=1S/C26H33NO6/c1-31-16-8-6-4-3-5-7-9-17-33-21-13-10-19(11-14-21)24(28)23-18-20(26(30)32-2)12-15-22(23)25(27)29/h10-15,18H,3-9,16-17H2,1-2H3,(H2,27,29). The van der Waals surface area contributed by atoms with Gasteiger partial charge in [-0.2, -0.15) is 0 Å². The maximum absolute atomic E-state index is 13.0. The molecule has 0 aliphatic carbocycles. The normalized spacial score (nSPS) is 10.6. The summed E-state index contributed by atoms with van der Waals surface area (Å²) >= 11 is 0. The van der Waals surface area contributed by atoms with Gasteiger partial charge >= 0.3 is 5.97 Å². The zero-order valence-electron chi connectivity index (χ0n) is 19.4. The second-order valence-electron chi connectivity index (χ2n) is 7.79. The van der Waals surface area contributed by atoms with E-state index in [1.807, 2.05) is 0 Å². The largest absolute Gasteiger partial charge is 0.494 e. The van der Waals surface area contributed by atoms with Gasteiger partial charge in [0.25, 0.3) is 0 Å². The summed E-state index contributed by atoms with van der Waals surface area (Å²) in [7, 11) is 2.98. The number of ether oxygens (including phenoxy) is 3. The minimum absolute atomic E-state index is 0.0478. The first-order valence-corrected chi connectivity index (χ1v) is 11.3. The average Bonchev–Trinajstić information content (AvgIpc) is 2.84. The Morgan fingerprint density at radius 1 is 0.727 bits per heavy atom. The summed E-state index contributed by atoms with van der Waals surface area (Å²) in [6, 6.07) is 10.8.